The van der Waals surface area contributed by atoms with Gasteiger partial charge in [-0.1, -0.05) is 6.08 Å². The van der Waals surface area contributed by atoms with Gasteiger partial charge in [0.1, 0.15) is 10.6 Å². The molecule has 0 aromatic carbocycles. The summed E-state index contributed by atoms with van der Waals surface area (Å²) in [6.07, 6.45) is 1.50. The molecule has 0 aliphatic carbocycles. The predicted octanol–water partition coefficient (Wildman–Crippen LogP) is 0.0335. The molecule has 1 aromatic heterocycles. The fraction of sp³-hybridized carbons (Fsp3) is 0.545. The second-order valence-electron chi connectivity index (χ2n) is 3.93. The molecule has 108 valence electrons. The van der Waals surface area contributed by atoms with E-state index < -0.39 is 16.6 Å². The van der Waals surface area contributed by atoms with Gasteiger partial charge in [-0.05, 0) is 6.92 Å². The number of nitrogens with one attached hydrogen (secondary N) is 1. The van der Waals surface area contributed by atoms with E-state index in [2.05, 4.69) is 16.8 Å². The fourth-order valence-electron chi connectivity index (χ4n) is 1.69. The summed E-state index contributed by atoms with van der Waals surface area (Å²) in [5.74, 6) is 0. The molecule has 7 nitrogen and oxygen atoms in total. The number of rotatable bonds is 8. The fourth-order valence-corrected chi connectivity index (χ4v) is 3.41. The van der Waals surface area contributed by atoms with Gasteiger partial charge in [-0.3, -0.25) is 5.10 Å². The Morgan fingerprint density at radius 1 is 1.58 bits per heavy atom. The maximum Gasteiger partial charge on any atom is 0.247 e. The standard InChI is InChI=1S/C11H19N3O4S/c1-4-5-14(6-7-18-3)19(16,17)11-9(2)12-13-10(11)8-15/h4,15H,1,5-8H2,2-3H3,(H,12,13). The van der Waals surface area contributed by atoms with Crippen LogP contribution in [0.4, 0.5) is 0 Å². The molecule has 0 bridgehead atoms. The number of ether oxygens (including phenoxy) is 1. The second-order valence-corrected chi connectivity index (χ2v) is 5.80. The first kappa shape index (κ1) is 15.8. The number of aliphatic hydroxyl groups is 1. The van der Waals surface area contributed by atoms with Gasteiger partial charge < -0.3 is 9.84 Å². The summed E-state index contributed by atoms with van der Waals surface area (Å²) in [4.78, 5) is 0.0213. The molecule has 0 aliphatic heterocycles. The van der Waals surface area contributed by atoms with Gasteiger partial charge in [-0.15, -0.1) is 6.58 Å². The predicted molar refractivity (Wildman–Crippen MR) is 70.1 cm³/mol. The Morgan fingerprint density at radius 3 is 2.79 bits per heavy atom. The van der Waals surface area contributed by atoms with Gasteiger partial charge in [-0.25, -0.2) is 8.42 Å². The summed E-state index contributed by atoms with van der Waals surface area (Å²) in [6.45, 7) is 5.36. The van der Waals surface area contributed by atoms with Crippen molar-refractivity contribution < 1.29 is 18.3 Å². The number of aromatic nitrogens is 2. The number of hydrogen-bond acceptors (Lipinski definition) is 5. The molecular weight excluding hydrogens is 270 g/mol. The van der Waals surface area contributed by atoms with Crippen molar-refractivity contribution >= 4 is 10.0 Å². The van der Waals surface area contributed by atoms with Crippen LogP contribution in [-0.4, -0.2) is 54.8 Å². The lowest BCUT2D eigenvalue weighted by Crippen LogP contribution is -2.34. The highest BCUT2D eigenvalue weighted by Crippen LogP contribution is 2.22. The van der Waals surface area contributed by atoms with Gasteiger partial charge in [-0.2, -0.15) is 9.40 Å². The lowest BCUT2D eigenvalue weighted by atomic mass is 10.4. The number of aromatic amines is 1. The van der Waals surface area contributed by atoms with E-state index >= 15 is 0 Å². The Balaban J connectivity index is 3.18. The summed E-state index contributed by atoms with van der Waals surface area (Å²) in [7, 11) is -2.24. The van der Waals surface area contributed by atoms with E-state index in [1.165, 1.54) is 17.5 Å². The van der Waals surface area contributed by atoms with Crippen LogP contribution < -0.4 is 0 Å². The number of methoxy groups -OCH3 is 1. The Hall–Kier alpha value is -1.22. The van der Waals surface area contributed by atoms with E-state index in [-0.39, 0.29) is 30.3 Å². The molecule has 8 heteroatoms. The first-order valence-electron chi connectivity index (χ1n) is 5.73. The van der Waals surface area contributed by atoms with Crippen LogP contribution in [-0.2, 0) is 21.4 Å². The van der Waals surface area contributed by atoms with Gasteiger partial charge in [0.25, 0.3) is 0 Å². The van der Waals surface area contributed by atoms with E-state index in [1.54, 1.807) is 6.92 Å². The zero-order valence-corrected chi connectivity index (χ0v) is 11.9. The van der Waals surface area contributed by atoms with Gasteiger partial charge in [0, 0.05) is 20.2 Å². The number of hydrogen-bond donors (Lipinski definition) is 2. The van der Waals surface area contributed by atoms with Crippen LogP contribution in [0.3, 0.4) is 0 Å². The zero-order chi connectivity index (χ0) is 14.5. The molecule has 0 aliphatic rings. The third kappa shape index (κ3) is 3.41. The van der Waals surface area contributed by atoms with Crippen LogP contribution in [0.2, 0.25) is 0 Å². The molecule has 0 spiro atoms. The monoisotopic (exact) mass is 289 g/mol. The Kier molecular flexibility index (Phi) is 5.67. The molecule has 1 aromatic rings. The van der Waals surface area contributed by atoms with Gasteiger partial charge in [0.05, 0.1) is 18.9 Å². The minimum Gasteiger partial charge on any atom is -0.390 e. The SMILES string of the molecule is C=CCN(CCOC)S(=O)(=O)c1c(CO)n[nH]c1C. The van der Waals surface area contributed by atoms with Crippen molar-refractivity contribution in [2.75, 3.05) is 26.8 Å². The summed E-state index contributed by atoms with van der Waals surface area (Å²) >= 11 is 0. The highest BCUT2D eigenvalue weighted by atomic mass is 32.2. The van der Waals surface area contributed by atoms with E-state index in [9.17, 15) is 13.5 Å². The summed E-state index contributed by atoms with van der Waals surface area (Å²) in [5, 5.41) is 15.5. The summed E-state index contributed by atoms with van der Waals surface area (Å²) < 4.78 is 31.2. The average Bonchev–Trinajstić information content (AvgIpc) is 2.76. The van der Waals surface area contributed by atoms with Gasteiger partial charge in [0.15, 0.2) is 0 Å². The smallest absolute Gasteiger partial charge is 0.247 e. The second kappa shape index (κ2) is 6.80. The maximum absolute atomic E-state index is 12.5. The Morgan fingerprint density at radius 2 is 2.26 bits per heavy atom. The van der Waals surface area contributed by atoms with Crippen LogP contribution in [0.1, 0.15) is 11.4 Å². The molecule has 0 radical (unpaired) electrons. The highest BCUT2D eigenvalue weighted by molar-refractivity contribution is 7.89. The largest absolute Gasteiger partial charge is 0.390 e. The van der Waals surface area contributed by atoms with Crippen molar-refractivity contribution in [3.05, 3.63) is 24.0 Å². The lowest BCUT2D eigenvalue weighted by molar-refractivity contribution is 0.182. The molecule has 0 atom stereocenters. The number of aryl methyl sites for hydroxylation is 1. The Bertz CT molecular complexity index is 524. The van der Waals surface area contributed by atoms with Crippen molar-refractivity contribution in [2.45, 2.75) is 18.4 Å². The summed E-state index contributed by atoms with van der Waals surface area (Å²) in [5.41, 5.74) is 0.513. The molecule has 0 saturated heterocycles. The van der Waals surface area contributed by atoms with Crippen molar-refractivity contribution in [1.29, 1.82) is 0 Å². The third-order valence-corrected chi connectivity index (χ3v) is 4.66. The van der Waals surface area contributed by atoms with Crippen LogP contribution in [0.25, 0.3) is 0 Å². The number of H-pyrrole nitrogens is 1. The first-order chi connectivity index (χ1) is 8.98. The quantitative estimate of drug-likeness (QED) is 0.658. The molecule has 1 rings (SSSR count). The Labute approximate surface area is 112 Å². The number of sulfonamides is 1. The highest BCUT2D eigenvalue weighted by Gasteiger charge is 2.29. The number of nitrogens with zero attached hydrogens (tertiary/aromatic N) is 2. The van der Waals surface area contributed by atoms with Crippen LogP contribution in [0.5, 0.6) is 0 Å². The lowest BCUT2D eigenvalue weighted by Gasteiger charge is -2.20. The van der Waals surface area contributed by atoms with Crippen LogP contribution in [0.15, 0.2) is 17.6 Å². The van der Waals surface area contributed by atoms with Crippen molar-refractivity contribution in [1.82, 2.24) is 14.5 Å². The topological polar surface area (TPSA) is 95.5 Å². The molecule has 0 saturated carbocycles. The van der Waals surface area contributed by atoms with Gasteiger partial charge >= 0.3 is 0 Å². The maximum atomic E-state index is 12.5. The molecule has 0 fully saturated rings. The first-order valence-corrected chi connectivity index (χ1v) is 7.17. The molecule has 2 N–H and O–H groups in total. The van der Waals surface area contributed by atoms with Crippen molar-refractivity contribution in [3.8, 4) is 0 Å². The van der Waals surface area contributed by atoms with E-state index in [4.69, 9.17) is 4.74 Å². The molecule has 0 amide bonds. The zero-order valence-electron chi connectivity index (χ0n) is 11.1. The van der Waals surface area contributed by atoms with Gasteiger partial charge in [0.2, 0.25) is 10.0 Å². The minimum atomic E-state index is -3.74. The average molecular weight is 289 g/mol. The van der Waals surface area contributed by atoms with E-state index in [1.807, 2.05) is 0 Å². The summed E-state index contributed by atoms with van der Waals surface area (Å²) in [6, 6.07) is 0. The number of aliphatic hydroxyl groups excluding tert-OH is 1. The normalized spacial score (nSPS) is 12.0. The van der Waals surface area contributed by atoms with Crippen molar-refractivity contribution in [2.24, 2.45) is 0 Å². The molecular formula is C11H19N3O4S. The van der Waals surface area contributed by atoms with E-state index in [0.717, 1.165) is 0 Å². The molecule has 19 heavy (non-hydrogen) atoms. The van der Waals surface area contributed by atoms with E-state index in [0.29, 0.717) is 5.69 Å². The van der Waals surface area contributed by atoms with Crippen molar-refractivity contribution in [3.63, 3.8) is 0 Å². The third-order valence-electron chi connectivity index (χ3n) is 2.59. The van der Waals surface area contributed by atoms with Crippen LogP contribution in [0, 0.1) is 6.92 Å². The minimum absolute atomic E-state index is 0.0213. The molecule has 0 unspecified atom stereocenters. The molecule has 1 heterocycles. The van der Waals surface area contributed by atoms with Crippen LogP contribution >= 0.6 is 0 Å².